The van der Waals surface area contributed by atoms with Gasteiger partial charge in [0.1, 0.15) is 6.10 Å². The molecule has 0 amide bonds. The predicted octanol–water partition coefficient (Wildman–Crippen LogP) is 3.39. The maximum Gasteiger partial charge on any atom is 0.250 e. The second-order valence-electron chi connectivity index (χ2n) is 5.68. The summed E-state index contributed by atoms with van der Waals surface area (Å²) >= 11 is 0. The van der Waals surface area contributed by atoms with Gasteiger partial charge in [-0.2, -0.15) is 0 Å². The molecule has 0 fully saturated rings. The molecule has 0 aliphatic rings. The molecule has 0 spiro atoms. The first-order valence-electron chi connectivity index (χ1n) is 6.92. The molecular formula is C15H25FN2O. The fourth-order valence-corrected chi connectivity index (χ4v) is 1.49. The molecule has 1 unspecified atom stereocenters. The minimum atomic E-state index is -0.355. The zero-order chi connectivity index (χ0) is 14.4. The molecule has 108 valence electrons. The van der Waals surface area contributed by atoms with E-state index in [2.05, 4.69) is 24.1 Å². The van der Waals surface area contributed by atoms with Gasteiger partial charge in [-0.3, -0.25) is 0 Å². The minimum absolute atomic E-state index is 0.0547. The van der Waals surface area contributed by atoms with Crippen molar-refractivity contribution in [2.24, 2.45) is 11.8 Å². The van der Waals surface area contributed by atoms with Crippen LogP contribution < -0.4 is 10.1 Å². The molecule has 1 aromatic heterocycles. The highest BCUT2D eigenvalue weighted by Gasteiger charge is 2.15. The van der Waals surface area contributed by atoms with Crippen molar-refractivity contribution in [3.8, 4) is 5.88 Å². The molecule has 19 heavy (non-hydrogen) atoms. The third kappa shape index (κ3) is 5.15. The van der Waals surface area contributed by atoms with E-state index in [1.807, 2.05) is 20.8 Å². The molecule has 0 saturated heterocycles. The second kappa shape index (κ2) is 7.43. The van der Waals surface area contributed by atoms with Crippen molar-refractivity contribution in [2.75, 3.05) is 6.54 Å². The second-order valence-corrected chi connectivity index (χ2v) is 5.68. The van der Waals surface area contributed by atoms with Crippen LogP contribution in [0.1, 0.15) is 40.2 Å². The van der Waals surface area contributed by atoms with Gasteiger partial charge in [0.2, 0.25) is 0 Å². The van der Waals surface area contributed by atoms with Crippen molar-refractivity contribution in [3.63, 3.8) is 0 Å². The van der Waals surface area contributed by atoms with E-state index in [-0.39, 0.29) is 17.8 Å². The zero-order valence-electron chi connectivity index (χ0n) is 12.5. The molecule has 0 aromatic carbocycles. The van der Waals surface area contributed by atoms with Gasteiger partial charge >= 0.3 is 0 Å². The van der Waals surface area contributed by atoms with Gasteiger partial charge in [0.15, 0.2) is 5.82 Å². The number of ether oxygens (including phenoxy) is 1. The summed E-state index contributed by atoms with van der Waals surface area (Å²) < 4.78 is 19.8. The van der Waals surface area contributed by atoms with Gasteiger partial charge in [0.25, 0.3) is 5.88 Å². The fraction of sp³-hybridized carbons (Fsp3) is 0.667. The summed E-state index contributed by atoms with van der Waals surface area (Å²) in [7, 11) is 0. The summed E-state index contributed by atoms with van der Waals surface area (Å²) in [5.74, 6) is 0.613. The molecule has 0 aliphatic heterocycles. The van der Waals surface area contributed by atoms with Crippen LogP contribution in [0.5, 0.6) is 5.88 Å². The van der Waals surface area contributed by atoms with Crippen LogP contribution in [-0.2, 0) is 6.54 Å². The lowest BCUT2D eigenvalue weighted by Gasteiger charge is -2.18. The third-order valence-corrected chi connectivity index (χ3v) is 3.04. The number of aromatic nitrogens is 1. The lowest BCUT2D eigenvalue weighted by Crippen LogP contribution is -2.22. The Kier molecular flexibility index (Phi) is 6.22. The topological polar surface area (TPSA) is 34.2 Å². The van der Waals surface area contributed by atoms with Gasteiger partial charge in [-0.25, -0.2) is 9.37 Å². The summed E-state index contributed by atoms with van der Waals surface area (Å²) in [5, 5.41) is 3.22. The number of halogens is 1. The molecule has 1 heterocycles. The van der Waals surface area contributed by atoms with Gasteiger partial charge in [-0.1, -0.05) is 27.7 Å². The summed E-state index contributed by atoms with van der Waals surface area (Å²) in [6.45, 7) is 11.6. The van der Waals surface area contributed by atoms with E-state index < -0.39 is 0 Å². The van der Waals surface area contributed by atoms with Gasteiger partial charge in [-0.15, -0.1) is 0 Å². The van der Waals surface area contributed by atoms with E-state index in [0.717, 1.165) is 6.54 Å². The Labute approximate surface area is 115 Å². The lowest BCUT2D eigenvalue weighted by molar-refractivity contribution is 0.155. The van der Waals surface area contributed by atoms with Gasteiger partial charge in [0, 0.05) is 18.3 Å². The first-order valence-corrected chi connectivity index (χ1v) is 6.92. The minimum Gasteiger partial charge on any atom is -0.472 e. The Morgan fingerprint density at radius 3 is 2.53 bits per heavy atom. The van der Waals surface area contributed by atoms with Crippen molar-refractivity contribution in [1.82, 2.24) is 10.3 Å². The normalized spacial score (nSPS) is 13.1. The Morgan fingerprint density at radius 1 is 1.26 bits per heavy atom. The maximum atomic E-state index is 14.2. The van der Waals surface area contributed by atoms with Crippen LogP contribution in [0.25, 0.3) is 0 Å². The number of hydrogen-bond donors (Lipinski definition) is 1. The first kappa shape index (κ1) is 15.9. The smallest absolute Gasteiger partial charge is 0.250 e. The van der Waals surface area contributed by atoms with E-state index >= 15 is 0 Å². The summed E-state index contributed by atoms with van der Waals surface area (Å²) in [5.41, 5.74) is 0.599. The average Bonchev–Trinajstić information content (AvgIpc) is 2.33. The number of hydrogen-bond acceptors (Lipinski definition) is 3. The van der Waals surface area contributed by atoms with Crippen LogP contribution in [0.4, 0.5) is 4.39 Å². The molecule has 4 heteroatoms. The zero-order valence-corrected chi connectivity index (χ0v) is 12.5. The monoisotopic (exact) mass is 268 g/mol. The maximum absolute atomic E-state index is 14.2. The Balaban J connectivity index is 2.69. The number of nitrogens with one attached hydrogen (secondary N) is 1. The van der Waals surface area contributed by atoms with E-state index in [1.54, 1.807) is 12.3 Å². The van der Waals surface area contributed by atoms with E-state index in [9.17, 15) is 4.39 Å². The standard InChI is InChI=1S/C15H25FN2O/c1-10(2)8-17-9-13-6-7-18-15(14(13)16)19-12(5)11(3)4/h6-7,10-12,17H,8-9H2,1-5H3. The van der Waals surface area contributed by atoms with Gasteiger partial charge in [-0.05, 0) is 31.4 Å². The highest BCUT2D eigenvalue weighted by Crippen LogP contribution is 2.20. The average molecular weight is 268 g/mol. The van der Waals surface area contributed by atoms with Crippen LogP contribution in [0.3, 0.4) is 0 Å². The van der Waals surface area contributed by atoms with E-state index in [4.69, 9.17) is 4.74 Å². The molecule has 1 atom stereocenters. The van der Waals surface area contributed by atoms with Gasteiger partial charge < -0.3 is 10.1 Å². The molecular weight excluding hydrogens is 243 g/mol. The summed E-state index contributed by atoms with van der Waals surface area (Å²) in [6, 6.07) is 1.69. The number of rotatable bonds is 7. The fourth-order valence-electron chi connectivity index (χ4n) is 1.49. The van der Waals surface area contributed by atoms with Crippen molar-refractivity contribution in [3.05, 3.63) is 23.6 Å². The van der Waals surface area contributed by atoms with E-state index in [0.29, 0.717) is 23.9 Å². The number of pyridine rings is 1. The van der Waals surface area contributed by atoms with Crippen molar-refractivity contribution < 1.29 is 9.13 Å². The molecule has 0 saturated carbocycles. The molecule has 1 N–H and O–H groups in total. The van der Waals surface area contributed by atoms with Crippen LogP contribution in [0.2, 0.25) is 0 Å². The van der Waals surface area contributed by atoms with E-state index in [1.165, 1.54) is 0 Å². The molecule has 1 aromatic rings. The predicted molar refractivity (Wildman–Crippen MR) is 75.7 cm³/mol. The van der Waals surface area contributed by atoms with Crippen LogP contribution in [-0.4, -0.2) is 17.6 Å². The van der Waals surface area contributed by atoms with Gasteiger partial charge in [0.05, 0.1) is 0 Å². The third-order valence-electron chi connectivity index (χ3n) is 3.04. The molecule has 0 bridgehead atoms. The Morgan fingerprint density at radius 2 is 1.95 bits per heavy atom. The highest BCUT2D eigenvalue weighted by atomic mass is 19.1. The van der Waals surface area contributed by atoms with Crippen LogP contribution in [0.15, 0.2) is 12.3 Å². The Bertz CT molecular complexity index is 394. The summed E-state index contributed by atoms with van der Waals surface area (Å²) in [4.78, 5) is 3.98. The SMILES string of the molecule is CC(C)CNCc1ccnc(OC(C)C(C)C)c1F. The molecule has 0 radical (unpaired) electrons. The van der Waals surface area contributed by atoms with Crippen LogP contribution >= 0.6 is 0 Å². The van der Waals surface area contributed by atoms with Crippen LogP contribution in [0, 0.1) is 17.7 Å². The van der Waals surface area contributed by atoms with Crippen molar-refractivity contribution in [1.29, 1.82) is 0 Å². The van der Waals surface area contributed by atoms with Crippen molar-refractivity contribution in [2.45, 2.75) is 47.3 Å². The Hall–Kier alpha value is -1.16. The molecule has 1 rings (SSSR count). The largest absolute Gasteiger partial charge is 0.472 e. The lowest BCUT2D eigenvalue weighted by atomic mass is 10.1. The quantitative estimate of drug-likeness (QED) is 0.823. The van der Waals surface area contributed by atoms with Crippen molar-refractivity contribution >= 4 is 0 Å². The summed E-state index contributed by atoms with van der Waals surface area (Å²) in [6.07, 6.45) is 1.54. The number of nitrogens with zero attached hydrogens (tertiary/aromatic N) is 1. The highest BCUT2D eigenvalue weighted by molar-refractivity contribution is 5.23. The molecule has 3 nitrogen and oxygen atoms in total. The molecule has 0 aliphatic carbocycles. The first-order chi connectivity index (χ1) is 8.91.